The Labute approximate surface area is 104 Å². The summed E-state index contributed by atoms with van der Waals surface area (Å²) in [6.45, 7) is 0. The van der Waals surface area contributed by atoms with Crippen LogP contribution < -0.4 is 9.47 Å². The van der Waals surface area contributed by atoms with Crippen molar-refractivity contribution in [3.8, 4) is 17.5 Å². The predicted molar refractivity (Wildman–Crippen MR) is 64.3 cm³/mol. The number of rotatable bonds is 4. The van der Waals surface area contributed by atoms with E-state index < -0.39 is 5.97 Å². The average Bonchev–Trinajstić information content (AvgIpc) is 2.39. The van der Waals surface area contributed by atoms with Crippen molar-refractivity contribution in [1.29, 1.82) is 0 Å². The standard InChI is InChI=1S/C13H11NO4/c1-17-11-3-2-4-12(14-11)18-10-7-5-9(6-8-10)13(15)16/h2-8H,1H3,(H,15,16). The van der Waals surface area contributed by atoms with Crippen molar-refractivity contribution >= 4 is 5.97 Å². The monoisotopic (exact) mass is 245 g/mol. The molecule has 1 N–H and O–H groups in total. The third-order valence-corrected chi connectivity index (χ3v) is 2.23. The molecule has 0 amide bonds. The van der Waals surface area contributed by atoms with E-state index >= 15 is 0 Å². The van der Waals surface area contributed by atoms with E-state index in [0.717, 1.165) is 0 Å². The van der Waals surface area contributed by atoms with E-state index in [0.29, 0.717) is 17.5 Å². The Morgan fingerprint density at radius 3 is 2.39 bits per heavy atom. The molecule has 0 radical (unpaired) electrons. The smallest absolute Gasteiger partial charge is 0.335 e. The van der Waals surface area contributed by atoms with E-state index in [9.17, 15) is 4.79 Å². The fraction of sp³-hybridized carbons (Fsp3) is 0.0769. The fourth-order valence-electron chi connectivity index (χ4n) is 1.35. The van der Waals surface area contributed by atoms with E-state index in [4.69, 9.17) is 14.6 Å². The fourth-order valence-corrected chi connectivity index (χ4v) is 1.35. The van der Waals surface area contributed by atoms with Crippen LogP contribution in [0.5, 0.6) is 17.5 Å². The van der Waals surface area contributed by atoms with Crippen LogP contribution in [0.1, 0.15) is 10.4 Å². The molecule has 0 fully saturated rings. The second kappa shape index (κ2) is 5.18. The molecule has 1 aromatic carbocycles. The summed E-state index contributed by atoms with van der Waals surface area (Å²) in [5, 5.41) is 8.76. The summed E-state index contributed by atoms with van der Waals surface area (Å²) in [6.07, 6.45) is 0. The van der Waals surface area contributed by atoms with Gasteiger partial charge in [-0.15, -0.1) is 0 Å². The van der Waals surface area contributed by atoms with Gasteiger partial charge in [-0.05, 0) is 24.3 Å². The van der Waals surface area contributed by atoms with Crippen molar-refractivity contribution in [3.63, 3.8) is 0 Å². The van der Waals surface area contributed by atoms with Crippen molar-refractivity contribution in [1.82, 2.24) is 4.98 Å². The van der Waals surface area contributed by atoms with Gasteiger partial charge in [-0.1, -0.05) is 6.07 Å². The van der Waals surface area contributed by atoms with E-state index in [1.165, 1.54) is 19.2 Å². The summed E-state index contributed by atoms with van der Waals surface area (Å²) in [4.78, 5) is 14.8. The lowest BCUT2D eigenvalue weighted by atomic mass is 10.2. The zero-order valence-electron chi connectivity index (χ0n) is 9.66. The Bertz CT molecular complexity index is 551. The quantitative estimate of drug-likeness (QED) is 0.896. The second-order valence-corrected chi connectivity index (χ2v) is 3.45. The molecule has 2 aromatic rings. The van der Waals surface area contributed by atoms with Gasteiger partial charge in [0.2, 0.25) is 11.8 Å². The van der Waals surface area contributed by atoms with Crippen molar-refractivity contribution in [2.75, 3.05) is 7.11 Å². The third-order valence-electron chi connectivity index (χ3n) is 2.23. The molecule has 92 valence electrons. The summed E-state index contributed by atoms with van der Waals surface area (Å²) >= 11 is 0. The maximum absolute atomic E-state index is 10.7. The lowest BCUT2D eigenvalue weighted by Gasteiger charge is -2.06. The molecule has 5 heteroatoms. The molecular weight excluding hydrogens is 234 g/mol. The maximum Gasteiger partial charge on any atom is 0.335 e. The largest absolute Gasteiger partial charge is 0.481 e. The van der Waals surface area contributed by atoms with E-state index in [1.54, 1.807) is 30.3 Å². The summed E-state index contributed by atoms with van der Waals surface area (Å²) < 4.78 is 10.4. The molecule has 0 aliphatic rings. The molecule has 0 atom stereocenters. The topological polar surface area (TPSA) is 68.7 Å². The SMILES string of the molecule is COc1cccc(Oc2ccc(C(=O)O)cc2)n1. The van der Waals surface area contributed by atoms with Crippen LogP contribution in [0.4, 0.5) is 0 Å². The van der Waals surface area contributed by atoms with E-state index in [2.05, 4.69) is 4.98 Å². The van der Waals surface area contributed by atoms with Gasteiger partial charge in [-0.3, -0.25) is 0 Å². The van der Waals surface area contributed by atoms with Crippen molar-refractivity contribution in [2.24, 2.45) is 0 Å². The first kappa shape index (κ1) is 11.9. The Balaban J connectivity index is 2.15. The van der Waals surface area contributed by atoms with Crippen LogP contribution in [0, 0.1) is 0 Å². The van der Waals surface area contributed by atoms with Gasteiger partial charge in [0.25, 0.3) is 0 Å². The van der Waals surface area contributed by atoms with Gasteiger partial charge in [0, 0.05) is 12.1 Å². The number of benzene rings is 1. The molecule has 0 aliphatic carbocycles. The molecule has 18 heavy (non-hydrogen) atoms. The molecule has 0 aliphatic heterocycles. The molecule has 0 saturated carbocycles. The highest BCUT2D eigenvalue weighted by Crippen LogP contribution is 2.21. The number of ether oxygens (including phenoxy) is 2. The molecule has 2 rings (SSSR count). The Morgan fingerprint density at radius 2 is 1.78 bits per heavy atom. The van der Waals surface area contributed by atoms with Gasteiger partial charge in [-0.2, -0.15) is 4.98 Å². The number of hydrogen-bond donors (Lipinski definition) is 1. The minimum atomic E-state index is -0.971. The minimum absolute atomic E-state index is 0.209. The maximum atomic E-state index is 10.7. The van der Waals surface area contributed by atoms with Crippen molar-refractivity contribution < 1.29 is 19.4 Å². The lowest BCUT2D eigenvalue weighted by Crippen LogP contribution is -1.96. The summed E-state index contributed by atoms with van der Waals surface area (Å²) in [7, 11) is 1.52. The summed E-state index contributed by atoms with van der Waals surface area (Å²) in [5.74, 6) is 0.383. The number of pyridine rings is 1. The van der Waals surface area contributed by atoms with Gasteiger partial charge < -0.3 is 14.6 Å². The lowest BCUT2D eigenvalue weighted by molar-refractivity contribution is 0.0697. The molecule has 1 heterocycles. The average molecular weight is 245 g/mol. The zero-order chi connectivity index (χ0) is 13.0. The van der Waals surface area contributed by atoms with Crippen molar-refractivity contribution in [3.05, 3.63) is 48.0 Å². The molecule has 5 nitrogen and oxygen atoms in total. The normalized spacial score (nSPS) is 9.83. The Morgan fingerprint density at radius 1 is 1.11 bits per heavy atom. The highest BCUT2D eigenvalue weighted by atomic mass is 16.5. The molecular formula is C13H11NO4. The molecule has 0 spiro atoms. The number of carbonyl (C=O) groups is 1. The predicted octanol–water partition coefficient (Wildman–Crippen LogP) is 2.58. The second-order valence-electron chi connectivity index (χ2n) is 3.45. The summed E-state index contributed by atoms with van der Waals surface area (Å²) in [5.41, 5.74) is 0.209. The third kappa shape index (κ3) is 2.76. The first-order chi connectivity index (χ1) is 8.69. The number of methoxy groups -OCH3 is 1. The van der Waals surface area contributed by atoms with Gasteiger partial charge in [0.1, 0.15) is 5.75 Å². The molecule has 1 aromatic heterocycles. The minimum Gasteiger partial charge on any atom is -0.481 e. The van der Waals surface area contributed by atoms with E-state index in [-0.39, 0.29) is 5.56 Å². The van der Waals surface area contributed by atoms with Crippen LogP contribution in [0.3, 0.4) is 0 Å². The van der Waals surface area contributed by atoms with Gasteiger partial charge >= 0.3 is 5.97 Å². The number of nitrogens with zero attached hydrogens (tertiary/aromatic N) is 1. The highest BCUT2D eigenvalue weighted by molar-refractivity contribution is 5.87. The first-order valence-corrected chi connectivity index (χ1v) is 5.21. The van der Waals surface area contributed by atoms with Gasteiger partial charge in [0.05, 0.1) is 12.7 Å². The highest BCUT2D eigenvalue weighted by Gasteiger charge is 2.04. The van der Waals surface area contributed by atoms with Crippen LogP contribution in [0.2, 0.25) is 0 Å². The molecule has 0 saturated heterocycles. The first-order valence-electron chi connectivity index (χ1n) is 5.21. The number of aromatic nitrogens is 1. The van der Waals surface area contributed by atoms with Crippen LogP contribution in [0.15, 0.2) is 42.5 Å². The van der Waals surface area contributed by atoms with Crippen molar-refractivity contribution in [2.45, 2.75) is 0 Å². The Kier molecular flexibility index (Phi) is 3.43. The molecule has 0 bridgehead atoms. The Hall–Kier alpha value is -2.56. The van der Waals surface area contributed by atoms with Crippen LogP contribution in [-0.4, -0.2) is 23.2 Å². The number of carboxylic acid groups (broad SMARTS) is 1. The number of carboxylic acids is 1. The van der Waals surface area contributed by atoms with Crippen LogP contribution >= 0.6 is 0 Å². The zero-order valence-corrected chi connectivity index (χ0v) is 9.66. The number of hydrogen-bond acceptors (Lipinski definition) is 4. The van der Waals surface area contributed by atoms with E-state index in [1.807, 2.05) is 0 Å². The molecule has 0 unspecified atom stereocenters. The summed E-state index contributed by atoms with van der Waals surface area (Å²) in [6, 6.07) is 11.2. The van der Waals surface area contributed by atoms with Gasteiger partial charge in [-0.25, -0.2) is 4.79 Å². The van der Waals surface area contributed by atoms with Crippen LogP contribution in [0.25, 0.3) is 0 Å². The van der Waals surface area contributed by atoms with Crippen LogP contribution in [-0.2, 0) is 0 Å². The van der Waals surface area contributed by atoms with Gasteiger partial charge in [0.15, 0.2) is 0 Å². The number of aromatic carboxylic acids is 1.